The molecule has 2 heterocycles. The molecule has 0 aliphatic heterocycles. The Morgan fingerprint density at radius 1 is 1.44 bits per heavy atom. The minimum Gasteiger partial charge on any atom is -0.306 e. The summed E-state index contributed by atoms with van der Waals surface area (Å²) in [5.41, 5.74) is 2.16. The van der Waals surface area contributed by atoms with Crippen molar-refractivity contribution in [1.82, 2.24) is 19.7 Å². The first-order chi connectivity index (χ1) is 7.61. The number of nitrogens with zero attached hydrogens (tertiary/aromatic N) is 3. The third-order valence-corrected chi connectivity index (χ3v) is 2.63. The van der Waals surface area contributed by atoms with Crippen molar-refractivity contribution in [3.05, 3.63) is 34.0 Å². The Bertz CT molecular complexity index is 568. The van der Waals surface area contributed by atoms with Crippen molar-refractivity contribution in [3.8, 4) is 11.4 Å². The molecule has 5 heteroatoms. The van der Waals surface area contributed by atoms with Crippen LogP contribution in [0, 0.1) is 13.8 Å². The number of aromatic nitrogens is 4. The maximum atomic E-state index is 11.6. The first-order valence-electron chi connectivity index (χ1n) is 5.22. The van der Waals surface area contributed by atoms with Gasteiger partial charge in [0.25, 0.3) is 5.56 Å². The first-order valence-corrected chi connectivity index (χ1v) is 5.22. The van der Waals surface area contributed by atoms with Gasteiger partial charge < -0.3 is 4.98 Å². The first kappa shape index (κ1) is 10.6. The smallest absolute Gasteiger partial charge is 0.254 e. The largest absolute Gasteiger partial charge is 0.306 e. The van der Waals surface area contributed by atoms with Crippen molar-refractivity contribution < 1.29 is 0 Å². The van der Waals surface area contributed by atoms with Crippen LogP contribution in [-0.4, -0.2) is 19.7 Å². The van der Waals surface area contributed by atoms with Gasteiger partial charge in [0.1, 0.15) is 5.82 Å². The van der Waals surface area contributed by atoms with Gasteiger partial charge in [0.2, 0.25) is 0 Å². The molecular weight excluding hydrogens is 204 g/mol. The van der Waals surface area contributed by atoms with E-state index in [0.29, 0.717) is 11.4 Å². The SMILES string of the molecule is CCn1cc(-c2nc(C)c(C)c(=O)[nH]2)cn1. The molecule has 1 N–H and O–H groups in total. The highest BCUT2D eigenvalue weighted by atomic mass is 16.1. The summed E-state index contributed by atoms with van der Waals surface area (Å²) in [4.78, 5) is 18.7. The van der Waals surface area contributed by atoms with Crippen LogP contribution >= 0.6 is 0 Å². The Kier molecular flexibility index (Phi) is 2.60. The second-order valence-corrected chi connectivity index (χ2v) is 3.71. The van der Waals surface area contributed by atoms with E-state index in [4.69, 9.17) is 0 Å². The van der Waals surface area contributed by atoms with Crippen molar-refractivity contribution in [2.75, 3.05) is 0 Å². The van der Waals surface area contributed by atoms with Gasteiger partial charge in [-0.2, -0.15) is 5.10 Å². The molecule has 0 fully saturated rings. The van der Waals surface area contributed by atoms with Crippen LogP contribution in [0.4, 0.5) is 0 Å². The van der Waals surface area contributed by atoms with Crippen LogP contribution in [0.3, 0.4) is 0 Å². The zero-order valence-electron chi connectivity index (χ0n) is 9.61. The predicted molar refractivity (Wildman–Crippen MR) is 61.2 cm³/mol. The maximum Gasteiger partial charge on any atom is 0.254 e. The minimum absolute atomic E-state index is 0.0910. The molecule has 0 aliphatic carbocycles. The fourth-order valence-corrected chi connectivity index (χ4v) is 1.44. The summed E-state index contributed by atoms with van der Waals surface area (Å²) in [6.07, 6.45) is 3.57. The van der Waals surface area contributed by atoms with Gasteiger partial charge in [-0.25, -0.2) is 4.98 Å². The molecule has 0 spiro atoms. The zero-order valence-corrected chi connectivity index (χ0v) is 9.61. The number of aromatic amines is 1. The standard InChI is InChI=1S/C11H14N4O/c1-4-15-6-9(5-12-15)10-13-8(3)7(2)11(16)14-10/h5-6H,4H2,1-3H3,(H,13,14,16). The van der Waals surface area contributed by atoms with E-state index in [-0.39, 0.29) is 5.56 Å². The number of H-pyrrole nitrogens is 1. The normalized spacial score (nSPS) is 10.7. The third-order valence-electron chi connectivity index (χ3n) is 2.63. The van der Waals surface area contributed by atoms with E-state index in [1.165, 1.54) is 0 Å². The van der Waals surface area contributed by atoms with Crippen molar-refractivity contribution in [3.63, 3.8) is 0 Å². The molecule has 16 heavy (non-hydrogen) atoms. The third kappa shape index (κ3) is 1.76. The van der Waals surface area contributed by atoms with Crippen LogP contribution < -0.4 is 5.56 Å². The summed E-state index contributed by atoms with van der Waals surface area (Å²) >= 11 is 0. The monoisotopic (exact) mass is 218 g/mol. The van der Waals surface area contributed by atoms with Gasteiger partial charge in [-0.1, -0.05) is 0 Å². The second-order valence-electron chi connectivity index (χ2n) is 3.71. The summed E-state index contributed by atoms with van der Waals surface area (Å²) in [5, 5.41) is 4.15. The van der Waals surface area contributed by atoms with E-state index in [0.717, 1.165) is 17.8 Å². The van der Waals surface area contributed by atoms with E-state index >= 15 is 0 Å². The Balaban J connectivity index is 2.52. The van der Waals surface area contributed by atoms with Crippen molar-refractivity contribution in [1.29, 1.82) is 0 Å². The van der Waals surface area contributed by atoms with E-state index in [2.05, 4.69) is 15.1 Å². The fourth-order valence-electron chi connectivity index (χ4n) is 1.44. The molecule has 0 bridgehead atoms. The fraction of sp³-hybridized carbons (Fsp3) is 0.364. The van der Waals surface area contributed by atoms with Crippen molar-refractivity contribution in [2.24, 2.45) is 0 Å². The molecule has 0 atom stereocenters. The van der Waals surface area contributed by atoms with Crippen LogP contribution in [-0.2, 0) is 6.54 Å². The lowest BCUT2D eigenvalue weighted by Gasteiger charge is -2.01. The lowest BCUT2D eigenvalue weighted by molar-refractivity contribution is 0.660. The lowest BCUT2D eigenvalue weighted by atomic mass is 10.2. The summed E-state index contributed by atoms with van der Waals surface area (Å²) in [6, 6.07) is 0. The maximum absolute atomic E-state index is 11.6. The topological polar surface area (TPSA) is 63.6 Å². The van der Waals surface area contributed by atoms with Crippen LogP contribution in [0.1, 0.15) is 18.2 Å². The van der Waals surface area contributed by atoms with Gasteiger partial charge in [0, 0.05) is 24.0 Å². The Hall–Kier alpha value is -1.91. The summed E-state index contributed by atoms with van der Waals surface area (Å²) < 4.78 is 1.80. The van der Waals surface area contributed by atoms with E-state index in [9.17, 15) is 4.79 Å². The van der Waals surface area contributed by atoms with Crippen LogP contribution in [0.15, 0.2) is 17.2 Å². The molecule has 0 radical (unpaired) electrons. The summed E-state index contributed by atoms with van der Waals surface area (Å²) in [7, 11) is 0. The Morgan fingerprint density at radius 3 is 2.75 bits per heavy atom. The highest BCUT2D eigenvalue weighted by molar-refractivity contribution is 5.52. The van der Waals surface area contributed by atoms with E-state index in [1.807, 2.05) is 20.0 Å². The van der Waals surface area contributed by atoms with E-state index < -0.39 is 0 Å². The highest BCUT2D eigenvalue weighted by Crippen LogP contribution is 2.12. The van der Waals surface area contributed by atoms with E-state index in [1.54, 1.807) is 17.8 Å². The zero-order chi connectivity index (χ0) is 11.7. The molecular formula is C11H14N4O. The molecule has 0 saturated heterocycles. The molecule has 84 valence electrons. The highest BCUT2D eigenvalue weighted by Gasteiger charge is 2.07. The van der Waals surface area contributed by atoms with Gasteiger partial charge in [0.15, 0.2) is 0 Å². The Morgan fingerprint density at radius 2 is 2.19 bits per heavy atom. The average molecular weight is 218 g/mol. The van der Waals surface area contributed by atoms with Crippen LogP contribution in [0.5, 0.6) is 0 Å². The number of hydrogen-bond donors (Lipinski definition) is 1. The molecule has 0 amide bonds. The average Bonchev–Trinajstić information content (AvgIpc) is 2.73. The number of hydrogen-bond acceptors (Lipinski definition) is 3. The summed E-state index contributed by atoms with van der Waals surface area (Å²) in [6.45, 7) is 6.40. The molecule has 2 rings (SSSR count). The van der Waals surface area contributed by atoms with Crippen LogP contribution in [0.25, 0.3) is 11.4 Å². The number of aryl methyl sites for hydroxylation is 2. The Labute approximate surface area is 93.2 Å². The van der Waals surface area contributed by atoms with Crippen molar-refractivity contribution in [2.45, 2.75) is 27.3 Å². The molecule has 2 aromatic rings. The minimum atomic E-state index is -0.0910. The molecule has 0 aromatic carbocycles. The van der Waals surface area contributed by atoms with Gasteiger partial charge in [-0.15, -0.1) is 0 Å². The van der Waals surface area contributed by atoms with Gasteiger partial charge >= 0.3 is 0 Å². The van der Waals surface area contributed by atoms with Gasteiger partial charge in [-0.3, -0.25) is 9.48 Å². The second kappa shape index (κ2) is 3.92. The molecule has 0 aliphatic rings. The molecule has 0 saturated carbocycles. The molecule has 5 nitrogen and oxygen atoms in total. The molecule has 2 aromatic heterocycles. The number of rotatable bonds is 2. The lowest BCUT2D eigenvalue weighted by Crippen LogP contribution is -2.14. The predicted octanol–water partition coefficient (Wildman–Crippen LogP) is 1.27. The van der Waals surface area contributed by atoms with Gasteiger partial charge in [0.05, 0.1) is 11.8 Å². The van der Waals surface area contributed by atoms with Crippen molar-refractivity contribution >= 4 is 0 Å². The van der Waals surface area contributed by atoms with Gasteiger partial charge in [-0.05, 0) is 20.8 Å². The quantitative estimate of drug-likeness (QED) is 0.825. The van der Waals surface area contributed by atoms with Crippen LogP contribution in [0.2, 0.25) is 0 Å². The number of nitrogens with one attached hydrogen (secondary N) is 1. The molecule has 0 unspecified atom stereocenters. The summed E-state index contributed by atoms with van der Waals surface area (Å²) in [5.74, 6) is 0.577.